The van der Waals surface area contributed by atoms with E-state index in [1.807, 2.05) is 4.90 Å². The summed E-state index contributed by atoms with van der Waals surface area (Å²) in [6.45, 7) is 3.82. The van der Waals surface area contributed by atoms with Gasteiger partial charge in [-0.25, -0.2) is 0 Å². The van der Waals surface area contributed by atoms with Crippen LogP contribution in [0.2, 0.25) is 0 Å². The Kier molecular flexibility index (Phi) is 5.62. The van der Waals surface area contributed by atoms with Gasteiger partial charge in [0.1, 0.15) is 12.4 Å². The average Bonchev–Trinajstić information content (AvgIpc) is 3.09. The Morgan fingerprint density at radius 2 is 1.88 bits per heavy atom. The highest BCUT2D eigenvalue weighted by molar-refractivity contribution is 5.94. The van der Waals surface area contributed by atoms with Gasteiger partial charge in [0, 0.05) is 38.9 Å². The topological polar surface area (TPSA) is 80.9 Å². The van der Waals surface area contributed by atoms with Crippen molar-refractivity contribution in [2.24, 2.45) is 0 Å². The van der Waals surface area contributed by atoms with Gasteiger partial charge in [-0.3, -0.25) is 9.69 Å². The van der Waals surface area contributed by atoms with Crippen molar-refractivity contribution in [3.8, 4) is 5.75 Å². The minimum atomic E-state index is 0.0456. The minimum Gasteiger partial charge on any atom is -0.497 e. The molecule has 0 bridgehead atoms. The highest BCUT2D eigenvalue weighted by Gasteiger charge is 2.23. The van der Waals surface area contributed by atoms with E-state index in [4.69, 9.17) is 14.0 Å². The minimum absolute atomic E-state index is 0.0456. The molecule has 0 spiro atoms. The van der Waals surface area contributed by atoms with Crippen molar-refractivity contribution in [3.05, 3.63) is 41.5 Å². The SMILES string of the molecule is COCc1nc(CN2CCN(C(=O)c3ccc(OC)cc3)CC2)no1. The number of hydrogen-bond acceptors (Lipinski definition) is 7. The van der Waals surface area contributed by atoms with Crippen LogP contribution in [0.4, 0.5) is 0 Å². The maximum absolute atomic E-state index is 12.6. The first-order valence-electron chi connectivity index (χ1n) is 8.15. The maximum atomic E-state index is 12.6. The summed E-state index contributed by atoms with van der Waals surface area (Å²) in [7, 11) is 3.20. The first-order valence-corrected chi connectivity index (χ1v) is 8.15. The summed E-state index contributed by atoms with van der Waals surface area (Å²) in [5.74, 6) is 1.91. The number of hydrogen-bond donors (Lipinski definition) is 0. The van der Waals surface area contributed by atoms with E-state index in [0.717, 1.165) is 18.8 Å². The number of benzene rings is 1. The Labute approximate surface area is 146 Å². The number of ether oxygens (including phenoxy) is 2. The molecule has 0 saturated carbocycles. The van der Waals surface area contributed by atoms with Gasteiger partial charge in [-0.2, -0.15) is 4.98 Å². The second kappa shape index (κ2) is 8.09. The average molecular weight is 346 g/mol. The van der Waals surface area contributed by atoms with E-state index >= 15 is 0 Å². The Balaban J connectivity index is 1.51. The summed E-state index contributed by atoms with van der Waals surface area (Å²) in [4.78, 5) is 20.9. The molecule has 1 aliphatic rings. The summed E-state index contributed by atoms with van der Waals surface area (Å²) in [5.41, 5.74) is 0.677. The molecule has 1 aromatic heterocycles. The molecule has 1 saturated heterocycles. The van der Waals surface area contributed by atoms with E-state index in [1.165, 1.54) is 0 Å². The van der Waals surface area contributed by atoms with E-state index in [2.05, 4.69) is 15.0 Å². The zero-order valence-electron chi connectivity index (χ0n) is 14.5. The zero-order valence-corrected chi connectivity index (χ0v) is 14.5. The van der Waals surface area contributed by atoms with Crippen molar-refractivity contribution in [2.45, 2.75) is 13.2 Å². The van der Waals surface area contributed by atoms with Gasteiger partial charge < -0.3 is 18.9 Å². The number of carbonyl (C=O) groups is 1. The highest BCUT2D eigenvalue weighted by Crippen LogP contribution is 2.15. The number of piperazine rings is 1. The molecular formula is C17H22N4O4. The monoisotopic (exact) mass is 346 g/mol. The van der Waals surface area contributed by atoms with Gasteiger partial charge in [-0.05, 0) is 24.3 Å². The van der Waals surface area contributed by atoms with Crippen molar-refractivity contribution in [1.29, 1.82) is 0 Å². The van der Waals surface area contributed by atoms with Crippen LogP contribution in [0, 0.1) is 0 Å². The molecule has 8 nitrogen and oxygen atoms in total. The number of aromatic nitrogens is 2. The molecule has 1 fully saturated rings. The molecule has 0 aliphatic carbocycles. The van der Waals surface area contributed by atoms with Crippen molar-refractivity contribution < 1.29 is 18.8 Å². The second-order valence-electron chi connectivity index (χ2n) is 5.83. The number of methoxy groups -OCH3 is 2. The first kappa shape index (κ1) is 17.4. The Morgan fingerprint density at radius 3 is 2.52 bits per heavy atom. The largest absolute Gasteiger partial charge is 0.497 e. The molecule has 2 heterocycles. The van der Waals surface area contributed by atoms with E-state index in [-0.39, 0.29) is 5.91 Å². The van der Waals surface area contributed by atoms with E-state index in [1.54, 1.807) is 38.5 Å². The first-order chi connectivity index (χ1) is 12.2. The van der Waals surface area contributed by atoms with Crippen molar-refractivity contribution in [2.75, 3.05) is 40.4 Å². The van der Waals surface area contributed by atoms with Crippen LogP contribution in [0.25, 0.3) is 0 Å². The molecule has 1 aliphatic heterocycles. The summed E-state index contributed by atoms with van der Waals surface area (Å²) >= 11 is 0. The lowest BCUT2D eigenvalue weighted by atomic mass is 10.1. The van der Waals surface area contributed by atoms with Crippen LogP contribution in [-0.4, -0.2) is 66.2 Å². The summed E-state index contributed by atoms with van der Waals surface area (Å²) < 4.78 is 15.2. The third-order valence-corrected chi connectivity index (χ3v) is 4.14. The summed E-state index contributed by atoms with van der Waals surface area (Å²) in [5, 5.41) is 3.95. The second-order valence-corrected chi connectivity index (χ2v) is 5.83. The molecule has 0 radical (unpaired) electrons. The highest BCUT2D eigenvalue weighted by atomic mass is 16.5. The van der Waals surface area contributed by atoms with Crippen LogP contribution in [0.1, 0.15) is 22.1 Å². The quantitative estimate of drug-likeness (QED) is 0.777. The number of carbonyl (C=O) groups excluding carboxylic acids is 1. The van der Waals surface area contributed by atoms with Crippen LogP contribution >= 0.6 is 0 Å². The summed E-state index contributed by atoms with van der Waals surface area (Å²) in [6.07, 6.45) is 0. The predicted molar refractivity (Wildman–Crippen MR) is 89.2 cm³/mol. The van der Waals surface area contributed by atoms with Gasteiger partial charge in [0.2, 0.25) is 0 Å². The number of amides is 1. The fourth-order valence-electron chi connectivity index (χ4n) is 2.76. The zero-order chi connectivity index (χ0) is 17.6. The molecule has 2 aromatic rings. The third-order valence-electron chi connectivity index (χ3n) is 4.14. The Morgan fingerprint density at radius 1 is 1.16 bits per heavy atom. The van der Waals surface area contributed by atoms with E-state index < -0.39 is 0 Å². The van der Waals surface area contributed by atoms with Crippen LogP contribution in [0.3, 0.4) is 0 Å². The van der Waals surface area contributed by atoms with Crippen LogP contribution in [-0.2, 0) is 17.9 Å². The number of nitrogens with zero attached hydrogens (tertiary/aromatic N) is 4. The smallest absolute Gasteiger partial charge is 0.253 e. The molecule has 0 N–H and O–H groups in total. The third kappa shape index (κ3) is 4.34. The molecule has 1 amide bonds. The van der Waals surface area contributed by atoms with Gasteiger partial charge in [-0.1, -0.05) is 5.16 Å². The van der Waals surface area contributed by atoms with Crippen molar-refractivity contribution in [1.82, 2.24) is 19.9 Å². The van der Waals surface area contributed by atoms with E-state index in [0.29, 0.717) is 43.5 Å². The Bertz CT molecular complexity index is 693. The van der Waals surface area contributed by atoms with Crippen LogP contribution in [0.15, 0.2) is 28.8 Å². The lowest BCUT2D eigenvalue weighted by Crippen LogP contribution is -2.48. The molecular weight excluding hydrogens is 324 g/mol. The van der Waals surface area contributed by atoms with Crippen LogP contribution < -0.4 is 4.74 Å². The molecule has 134 valence electrons. The molecule has 25 heavy (non-hydrogen) atoms. The van der Waals surface area contributed by atoms with Gasteiger partial charge >= 0.3 is 0 Å². The van der Waals surface area contributed by atoms with Crippen molar-refractivity contribution >= 4 is 5.91 Å². The molecule has 8 heteroatoms. The number of rotatable bonds is 6. The molecule has 0 unspecified atom stereocenters. The lowest BCUT2D eigenvalue weighted by molar-refractivity contribution is 0.0624. The molecule has 3 rings (SSSR count). The Hall–Kier alpha value is -2.45. The van der Waals surface area contributed by atoms with Gasteiger partial charge in [0.15, 0.2) is 5.82 Å². The predicted octanol–water partition coefficient (Wildman–Crippen LogP) is 1.18. The van der Waals surface area contributed by atoms with Gasteiger partial charge in [0.05, 0.1) is 13.7 Å². The standard InChI is InChI=1S/C17H22N4O4/c1-23-12-16-18-15(19-25-16)11-20-7-9-21(10-8-20)17(22)13-3-5-14(24-2)6-4-13/h3-6H,7-12H2,1-2H3. The van der Waals surface area contributed by atoms with Gasteiger partial charge in [0.25, 0.3) is 11.8 Å². The lowest BCUT2D eigenvalue weighted by Gasteiger charge is -2.34. The fourth-order valence-corrected chi connectivity index (χ4v) is 2.76. The summed E-state index contributed by atoms with van der Waals surface area (Å²) in [6, 6.07) is 7.20. The van der Waals surface area contributed by atoms with Crippen molar-refractivity contribution in [3.63, 3.8) is 0 Å². The van der Waals surface area contributed by atoms with Crippen LogP contribution in [0.5, 0.6) is 5.75 Å². The molecule has 0 atom stereocenters. The normalized spacial score (nSPS) is 15.4. The molecule has 1 aromatic carbocycles. The van der Waals surface area contributed by atoms with Gasteiger partial charge in [-0.15, -0.1) is 0 Å². The van der Waals surface area contributed by atoms with E-state index in [9.17, 15) is 4.79 Å². The fraction of sp³-hybridized carbons (Fsp3) is 0.471. The maximum Gasteiger partial charge on any atom is 0.253 e.